The first-order valence-electron chi connectivity index (χ1n) is 11.0. The molecule has 1 heterocycles. The third-order valence-electron chi connectivity index (χ3n) is 4.92. The molecule has 2 amide bonds. The molecule has 9 heteroatoms. The van der Waals surface area contributed by atoms with Crippen molar-refractivity contribution in [1.82, 2.24) is 10.7 Å². The van der Waals surface area contributed by atoms with Crippen LogP contribution in [-0.4, -0.2) is 24.0 Å². The van der Waals surface area contributed by atoms with Crippen LogP contribution < -0.4 is 15.5 Å². The standard InChI is InChI=1S/C28H20BrN3O4S/c29-24-11-5-4-10-23(24)28(35)36-21-14-12-19(13-15-21)18-30-32-27(34)25(17-22-9-6-16-37-22)31-26(33)20-7-2-1-3-8-20/h1-18H,(H,31,33)(H,32,34)/b25-17+,30-18+. The summed E-state index contributed by atoms with van der Waals surface area (Å²) in [5, 5.41) is 8.52. The number of amides is 2. The van der Waals surface area contributed by atoms with Crippen LogP contribution in [0.3, 0.4) is 0 Å². The van der Waals surface area contributed by atoms with Crippen molar-refractivity contribution in [2.24, 2.45) is 5.10 Å². The van der Waals surface area contributed by atoms with Gasteiger partial charge in [0.25, 0.3) is 11.8 Å². The Labute approximate surface area is 225 Å². The van der Waals surface area contributed by atoms with Crippen LogP contribution in [0.4, 0.5) is 0 Å². The van der Waals surface area contributed by atoms with Gasteiger partial charge < -0.3 is 10.1 Å². The number of halogens is 1. The third kappa shape index (κ3) is 7.33. The molecule has 0 atom stereocenters. The first-order chi connectivity index (χ1) is 18.0. The average molecular weight is 574 g/mol. The highest BCUT2D eigenvalue weighted by Crippen LogP contribution is 2.19. The van der Waals surface area contributed by atoms with Crippen LogP contribution in [0.25, 0.3) is 6.08 Å². The van der Waals surface area contributed by atoms with Gasteiger partial charge >= 0.3 is 5.97 Å². The minimum Gasteiger partial charge on any atom is -0.423 e. The number of carbonyl (C=O) groups is 3. The normalized spacial score (nSPS) is 11.2. The number of thiophene rings is 1. The van der Waals surface area contributed by atoms with Crippen molar-refractivity contribution >= 4 is 57.3 Å². The molecule has 0 fully saturated rings. The number of rotatable bonds is 8. The van der Waals surface area contributed by atoms with E-state index in [1.54, 1.807) is 78.9 Å². The molecule has 0 aliphatic carbocycles. The van der Waals surface area contributed by atoms with Gasteiger partial charge in [-0.05, 0) is 87.5 Å². The van der Waals surface area contributed by atoms with Gasteiger partial charge in [-0.1, -0.05) is 36.4 Å². The molecule has 0 radical (unpaired) electrons. The smallest absolute Gasteiger partial charge is 0.344 e. The van der Waals surface area contributed by atoms with Crippen LogP contribution in [0.1, 0.15) is 31.2 Å². The molecule has 1 aromatic heterocycles. The summed E-state index contributed by atoms with van der Waals surface area (Å²) >= 11 is 4.77. The van der Waals surface area contributed by atoms with Crippen molar-refractivity contribution in [2.75, 3.05) is 0 Å². The molecule has 3 aromatic carbocycles. The molecule has 184 valence electrons. The van der Waals surface area contributed by atoms with Crippen molar-refractivity contribution < 1.29 is 19.1 Å². The number of hydrogen-bond acceptors (Lipinski definition) is 6. The molecule has 2 N–H and O–H groups in total. The monoisotopic (exact) mass is 573 g/mol. The Morgan fingerprint density at radius 2 is 1.59 bits per heavy atom. The van der Waals surface area contributed by atoms with Crippen LogP contribution in [0.15, 0.2) is 112 Å². The summed E-state index contributed by atoms with van der Waals surface area (Å²) in [5.41, 5.74) is 4.00. The zero-order valence-corrected chi connectivity index (χ0v) is 21.7. The van der Waals surface area contributed by atoms with Gasteiger partial charge in [0.1, 0.15) is 11.4 Å². The first kappa shape index (κ1) is 25.7. The number of ether oxygens (including phenoxy) is 1. The van der Waals surface area contributed by atoms with E-state index >= 15 is 0 Å². The number of esters is 1. The zero-order chi connectivity index (χ0) is 26.0. The van der Waals surface area contributed by atoms with Gasteiger partial charge in [-0.2, -0.15) is 5.10 Å². The largest absolute Gasteiger partial charge is 0.423 e. The molecule has 4 aromatic rings. The highest BCUT2D eigenvalue weighted by molar-refractivity contribution is 9.10. The lowest BCUT2D eigenvalue weighted by atomic mass is 10.2. The topological polar surface area (TPSA) is 96.9 Å². The lowest BCUT2D eigenvalue weighted by Gasteiger charge is -2.08. The third-order valence-corrected chi connectivity index (χ3v) is 6.43. The Hall–Kier alpha value is -4.34. The second-order valence-electron chi connectivity index (χ2n) is 7.53. The SMILES string of the molecule is O=C(N/N=C/c1ccc(OC(=O)c2ccccc2Br)cc1)/C(=C\c1cccs1)NC(=O)c1ccccc1. The molecule has 0 bridgehead atoms. The number of nitrogens with zero attached hydrogens (tertiary/aromatic N) is 1. The van der Waals surface area contributed by atoms with Gasteiger partial charge in [0.15, 0.2) is 0 Å². The summed E-state index contributed by atoms with van der Waals surface area (Å²) in [6, 6.07) is 25.9. The highest BCUT2D eigenvalue weighted by atomic mass is 79.9. The lowest BCUT2D eigenvalue weighted by Crippen LogP contribution is -2.32. The molecule has 0 saturated heterocycles. The van der Waals surface area contributed by atoms with Crippen LogP contribution in [0.5, 0.6) is 5.75 Å². The predicted molar refractivity (Wildman–Crippen MR) is 147 cm³/mol. The van der Waals surface area contributed by atoms with E-state index < -0.39 is 17.8 Å². The molecule has 0 aliphatic heterocycles. The zero-order valence-electron chi connectivity index (χ0n) is 19.3. The maximum atomic E-state index is 12.8. The summed E-state index contributed by atoms with van der Waals surface area (Å²) < 4.78 is 6.05. The lowest BCUT2D eigenvalue weighted by molar-refractivity contribution is -0.117. The van der Waals surface area contributed by atoms with Crippen LogP contribution in [-0.2, 0) is 4.79 Å². The number of hydrogen-bond donors (Lipinski definition) is 2. The van der Waals surface area contributed by atoms with E-state index in [0.29, 0.717) is 26.9 Å². The van der Waals surface area contributed by atoms with Crippen LogP contribution in [0, 0.1) is 0 Å². The minimum absolute atomic E-state index is 0.0581. The fourth-order valence-electron chi connectivity index (χ4n) is 3.09. The van der Waals surface area contributed by atoms with Crippen molar-refractivity contribution in [1.29, 1.82) is 0 Å². The molecule has 0 aliphatic rings. The van der Waals surface area contributed by atoms with Crippen molar-refractivity contribution in [3.8, 4) is 5.75 Å². The predicted octanol–water partition coefficient (Wildman–Crippen LogP) is 5.65. The van der Waals surface area contributed by atoms with E-state index in [1.165, 1.54) is 17.6 Å². The van der Waals surface area contributed by atoms with Gasteiger partial charge in [-0.15, -0.1) is 11.3 Å². The van der Waals surface area contributed by atoms with Crippen molar-refractivity contribution in [2.45, 2.75) is 0 Å². The first-order valence-corrected chi connectivity index (χ1v) is 12.7. The Kier molecular flexibility index (Phi) is 8.75. The van der Waals surface area contributed by atoms with E-state index in [1.807, 2.05) is 23.6 Å². The van der Waals surface area contributed by atoms with Crippen molar-refractivity contribution in [3.05, 3.63) is 128 Å². The number of carbonyl (C=O) groups excluding carboxylic acids is 3. The van der Waals surface area contributed by atoms with E-state index in [-0.39, 0.29) is 5.70 Å². The van der Waals surface area contributed by atoms with E-state index in [0.717, 1.165) is 4.88 Å². The van der Waals surface area contributed by atoms with Gasteiger partial charge in [-0.25, -0.2) is 10.2 Å². The number of nitrogens with one attached hydrogen (secondary N) is 2. The molecule has 37 heavy (non-hydrogen) atoms. The molecular formula is C28H20BrN3O4S. The summed E-state index contributed by atoms with van der Waals surface area (Å²) in [5.74, 6) is -1.10. The molecule has 0 saturated carbocycles. The fourth-order valence-corrected chi connectivity index (χ4v) is 4.20. The Morgan fingerprint density at radius 3 is 2.30 bits per heavy atom. The van der Waals surface area contributed by atoms with Gasteiger partial charge in [-0.3, -0.25) is 9.59 Å². The molecule has 7 nitrogen and oxygen atoms in total. The van der Waals surface area contributed by atoms with E-state index in [2.05, 4.69) is 31.8 Å². The summed E-state index contributed by atoms with van der Waals surface area (Å²) in [4.78, 5) is 38.5. The van der Waals surface area contributed by atoms with Crippen LogP contribution in [0.2, 0.25) is 0 Å². The van der Waals surface area contributed by atoms with Gasteiger partial charge in [0.2, 0.25) is 0 Å². The highest BCUT2D eigenvalue weighted by Gasteiger charge is 2.15. The Balaban J connectivity index is 1.39. The van der Waals surface area contributed by atoms with E-state index in [4.69, 9.17) is 4.74 Å². The summed E-state index contributed by atoms with van der Waals surface area (Å²) in [6.45, 7) is 0. The summed E-state index contributed by atoms with van der Waals surface area (Å²) in [6.07, 6.45) is 3.03. The van der Waals surface area contributed by atoms with Crippen LogP contribution >= 0.6 is 27.3 Å². The van der Waals surface area contributed by atoms with Gasteiger partial charge in [0.05, 0.1) is 11.8 Å². The van der Waals surface area contributed by atoms with E-state index in [9.17, 15) is 14.4 Å². The number of benzene rings is 3. The fraction of sp³-hybridized carbons (Fsp3) is 0. The average Bonchev–Trinajstić information content (AvgIpc) is 3.43. The van der Waals surface area contributed by atoms with Gasteiger partial charge in [0, 0.05) is 14.9 Å². The molecule has 0 unspecified atom stereocenters. The number of hydrazone groups is 1. The van der Waals surface area contributed by atoms with Crippen molar-refractivity contribution in [3.63, 3.8) is 0 Å². The molecule has 0 spiro atoms. The maximum absolute atomic E-state index is 12.8. The second-order valence-corrected chi connectivity index (χ2v) is 9.36. The Morgan fingerprint density at radius 1 is 0.865 bits per heavy atom. The summed E-state index contributed by atoms with van der Waals surface area (Å²) in [7, 11) is 0. The molecule has 4 rings (SSSR count). The maximum Gasteiger partial charge on any atom is 0.344 e. The molecular weight excluding hydrogens is 554 g/mol. The quantitative estimate of drug-likeness (QED) is 0.0935. The second kappa shape index (κ2) is 12.6. The Bertz CT molecular complexity index is 1450. The minimum atomic E-state index is -0.576.